The first kappa shape index (κ1) is 17.0. The number of rotatable bonds is 4. The highest BCUT2D eigenvalue weighted by Crippen LogP contribution is 2.36. The molecule has 0 fully saturated rings. The molecular formula is C20H21N3O2S. The van der Waals surface area contributed by atoms with Crippen LogP contribution in [0.15, 0.2) is 48.1 Å². The van der Waals surface area contributed by atoms with Gasteiger partial charge in [0.05, 0.1) is 25.0 Å². The molecule has 0 radical (unpaired) electrons. The van der Waals surface area contributed by atoms with Crippen molar-refractivity contribution in [2.75, 3.05) is 11.9 Å². The second-order valence-corrected chi connectivity index (χ2v) is 7.54. The summed E-state index contributed by atoms with van der Waals surface area (Å²) in [6, 6.07) is 11.9. The fraction of sp³-hybridized carbons (Fsp3) is 0.300. The van der Waals surface area contributed by atoms with Crippen molar-refractivity contribution >= 4 is 23.1 Å². The van der Waals surface area contributed by atoms with Gasteiger partial charge in [-0.05, 0) is 17.0 Å². The average Bonchev–Trinajstić information content (AvgIpc) is 3.29. The normalized spacial score (nSPS) is 17.5. The third-order valence-corrected chi connectivity index (χ3v) is 5.80. The molecule has 2 aromatic heterocycles. The van der Waals surface area contributed by atoms with E-state index >= 15 is 0 Å². The Labute approximate surface area is 156 Å². The summed E-state index contributed by atoms with van der Waals surface area (Å²) in [5, 5.41) is 5.14. The quantitative estimate of drug-likeness (QED) is 0.757. The molecule has 0 aliphatic carbocycles. The highest BCUT2D eigenvalue weighted by Gasteiger charge is 2.32. The Morgan fingerprint density at radius 1 is 1.35 bits per heavy atom. The van der Waals surface area contributed by atoms with Gasteiger partial charge >= 0.3 is 0 Å². The molecule has 5 nitrogen and oxygen atoms in total. The molecule has 0 saturated heterocycles. The van der Waals surface area contributed by atoms with Crippen molar-refractivity contribution in [2.45, 2.75) is 19.4 Å². The van der Waals surface area contributed by atoms with Crippen LogP contribution in [0.3, 0.4) is 0 Å². The van der Waals surface area contributed by atoms with Gasteiger partial charge in [-0.1, -0.05) is 37.3 Å². The number of ether oxygens (including phenoxy) is 1. The number of amides is 1. The standard InChI is InChI=1S/C20H21N3O2S/c1-13(18-15-9-11-26-16(15)8-10-25-18)20(24)22-19-17(21-12-23(19)2)14-6-4-3-5-7-14/h3-7,9,11-13,18H,8,10H2,1-2H3,(H,22,24)/t13-,18+/m0/s1. The van der Waals surface area contributed by atoms with E-state index in [0.717, 1.165) is 23.2 Å². The van der Waals surface area contributed by atoms with Gasteiger partial charge in [-0.25, -0.2) is 4.98 Å². The number of anilines is 1. The third kappa shape index (κ3) is 3.06. The van der Waals surface area contributed by atoms with Gasteiger partial charge in [0.25, 0.3) is 0 Å². The molecule has 1 aromatic carbocycles. The number of carbonyl (C=O) groups is 1. The Hall–Kier alpha value is -2.44. The summed E-state index contributed by atoms with van der Waals surface area (Å²) in [5.41, 5.74) is 2.90. The van der Waals surface area contributed by atoms with E-state index in [-0.39, 0.29) is 17.9 Å². The average molecular weight is 367 g/mol. The van der Waals surface area contributed by atoms with Crippen LogP contribution in [-0.2, 0) is 23.0 Å². The van der Waals surface area contributed by atoms with Crippen molar-refractivity contribution in [1.82, 2.24) is 9.55 Å². The summed E-state index contributed by atoms with van der Waals surface area (Å²) in [7, 11) is 1.88. The maximum atomic E-state index is 12.9. The zero-order chi connectivity index (χ0) is 18.1. The molecule has 0 saturated carbocycles. The van der Waals surface area contributed by atoms with Gasteiger partial charge in [0, 0.05) is 23.9 Å². The van der Waals surface area contributed by atoms with Crippen molar-refractivity contribution < 1.29 is 9.53 Å². The molecule has 6 heteroatoms. The number of fused-ring (bicyclic) bond motifs is 1. The van der Waals surface area contributed by atoms with Crippen LogP contribution < -0.4 is 5.32 Å². The van der Waals surface area contributed by atoms with Gasteiger partial charge in [0.1, 0.15) is 11.5 Å². The Morgan fingerprint density at radius 2 is 2.15 bits per heavy atom. The van der Waals surface area contributed by atoms with E-state index in [9.17, 15) is 4.79 Å². The predicted molar refractivity (Wildman–Crippen MR) is 103 cm³/mol. The maximum Gasteiger partial charge on any atom is 0.231 e. The van der Waals surface area contributed by atoms with Crippen molar-refractivity contribution in [3.05, 3.63) is 58.5 Å². The van der Waals surface area contributed by atoms with E-state index in [1.165, 1.54) is 4.88 Å². The molecule has 0 spiro atoms. The van der Waals surface area contributed by atoms with Gasteiger partial charge in [-0.3, -0.25) is 4.79 Å². The second kappa shape index (κ2) is 7.05. The van der Waals surface area contributed by atoms with Crippen LogP contribution in [0.1, 0.15) is 23.5 Å². The molecule has 0 unspecified atom stereocenters. The van der Waals surface area contributed by atoms with E-state index in [1.807, 2.05) is 48.9 Å². The molecular weight excluding hydrogens is 346 g/mol. The van der Waals surface area contributed by atoms with Crippen LogP contribution in [0.25, 0.3) is 11.3 Å². The molecule has 26 heavy (non-hydrogen) atoms. The summed E-state index contributed by atoms with van der Waals surface area (Å²) in [5.74, 6) is 0.353. The van der Waals surface area contributed by atoms with Crippen LogP contribution >= 0.6 is 11.3 Å². The smallest absolute Gasteiger partial charge is 0.231 e. The fourth-order valence-corrected chi connectivity index (χ4v) is 4.24. The topological polar surface area (TPSA) is 56.2 Å². The molecule has 4 rings (SSSR count). The van der Waals surface area contributed by atoms with Crippen LogP contribution in [0.2, 0.25) is 0 Å². The van der Waals surface area contributed by atoms with Crippen LogP contribution in [0, 0.1) is 5.92 Å². The first-order valence-electron chi connectivity index (χ1n) is 8.70. The molecule has 1 amide bonds. The number of aromatic nitrogens is 2. The lowest BCUT2D eigenvalue weighted by Gasteiger charge is -2.28. The Morgan fingerprint density at radius 3 is 2.96 bits per heavy atom. The molecule has 1 aliphatic rings. The monoisotopic (exact) mass is 367 g/mol. The van der Waals surface area contributed by atoms with Crippen molar-refractivity contribution in [3.63, 3.8) is 0 Å². The third-order valence-electron chi connectivity index (χ3n) is 4.81. The minimum atomic E-state index is -0.290. The summed E-state index contributed by atoms with van der Waals surface area (Å²) in [6.45, 7) is 2.59. The van der Waals surface area contributed by atoms with E-state index in [4.69, 9.17) is 4.74 Å². The SMILES string of the molecule is C[C@H](C(=O)Nc1c(-c2ccccc2)ncn1C)[C@H]1OCCc2sccc21. The largest absolute Gasteiger partial charge is 0.372 e. The number of hydrogen-bond donors (Lipinski definition) is 1. The lowest BCUT2D eigenvalue weighted by molar-refractivity contribution is -0.125. The van der Waals surface area contributed by atoms with Crippen molar-refractivity contribution in [3.8, 4) is 11.3 Å². The van der Waals surface area contributed by atoms with Crippen LogP contribution in [-0.4, -0.2) is 22.1 Å². The highest BCUT2D eigenvalue weighted by atomic mass is 32.1. The summed E-state index contributed by atoms with van der Waals surface area (Å²) < 4.78 is 7.77. The molecule has 1 aliphatic heterocycles. The van der Waals surface area contributed by atoms with E-state index in [0.29, 0.717) is 12.4 Å². The molecule has 134 valence electrons. The van der Waals surface area contributed by atoms with Crippen LogP contribution in [0.4, 0.5) is 5.82 Å². The number of carbonyl (C=O) groups excluding carboxylic acids is 1. The molecule has 2 atom stereocenters. The predicted octanol–water partition coefficient (Wildman–Crippen LogP) is 4.04. The first-order valence-corrected chi connectivity index (χ1v) is 9.58. The van der Waals surface area contributed by atoms with Crippen molar-refractivity contribution in [1.29, 1.82) is 0 Å². The number of thiophene rings is 1. The van der Waals surface area contributed by atoms with Gasteiger partial charge in [-0.15, -0.1) is 11.3 Å². The van der Waals surface area contributed by atoms with E-state index in [1.54, 1.807) is 17.7 Å². The van der Waals surface area contributed by atoms with Crippen molar-refractivity contribution in [2.24, 2.45) is 13.0 Å². The minimum Gasteiger partial charge on any atom is -0.372 e. The number of nitrogens with one attached hydrogen (secondary N) is 1. The molecule has 3 heterocycles. The highest BCUT2D eigenvalue weighted by molar-refractivity contribution is 7.10. The zero-order valence-electron chi connectivity index (χ0n) is 14.8. The fourth-order valence-electron chi connectivity index (χ4n) is 3.34. The van der Waals surface area contributed by atoms with Crippen LogP contribution in [0.5, 0.6) is 0 Å². The minimum absolute atomic E-state index is 0.0603. The first-order chi connectivity index (χ1) is 12.6. The lowest BCUT2D eigenvalue weighted by Crippen LogP contribution is -2.30. The number of benzene rings is 1. The summed E-state index contributed by atoms with van der Waals surface area (Å²) >= 11 is 1.74. The Kier molecular flexibility index (Phi) is 4.61. The van der Waals surface area contributed by atoms with Gasteiger partial charge < -0.3 is 14.6 Å². The molecule has 0 bridgehead atoms. The Bertz CT molecular complexity index is 916. The Balaban J connectivity index is 1.57. The van der Waals surface area contributed by atoms with Gasteiger partial charge in [-0.2, -0.15) is 0 Å². The molecule has 3 aromatic rings. The van der Waals surface area contributed by atoms with Gasteiger partial charge in [0.2, 0.25) is 5.91 Å². The summed E-state index contributed by atoms with van der Waals surface area (Å²) in [6.07, 6.45) is 2.45. The number of aryl methyl sites for hydroxylation is 1. The number of nitrogens with zero attached hydrogens (tertiary/aromatic N) is 2. The number of hydrogen-bond acceptors (Lipinski definition) is 4. The zero-order valence-corrected chi connectivity index (χ0v) is 15.6. The number of imidazole rings is 1. The van der Waals surface area contributed by atoms with E-state index < -0.39 is 0 Å². The lowest BCUT2D eigenvalue weighted by atomic mass is 9.94. The van der Waals surface area contributed by atoms with Gasteiger partial charge in [0.15, 0.2) is 0 Å². The molecule has 1 N–H and O–H groups in total. The maximum absolute atomic E-state index is 12.9. The van der Waals surface area contributed by atoms with E-state index in [2.05, 4.69) is 21.7 Å². The second-order valence-electron chi connectivity index (χ2n) is 6.54. The summed E-state index contributed by atoms with van der Waals surface area (Å²) in [4.78, 5) is 18.7.